The zero-order valence-corrected chi connectivity index (χ0v) is 30.0. The van der Waals surface area contributed by atoms with Gasteiger partial charge in [-0.2, -0.15) is 0 Å². The SMILES string of the molecule is CCCCOP(Nc1ccc(Cc2ccc(N)cc2)cc1)Nc1ccc(Cc2ccc(NP(OCCCC)OCCCC)cc2)cc1. The third kappa shape index (κ3) is 13.8. The van der Waals surface area contributed by atoms with Crippen molar-refractivity contribution in [3.63, 3.8) is 0 Å². The van der Waals surface area contributed by atoms with E-state index in [1.165, 1.54) is 22.3 Å². The maximum Gasteiger partial charge on any atom is 0.287 e. The molecule has 1 unspecified atom stereocenters. The average molecular weight is 675 g/mol. The minimum Gasteiger partial charge on any atom is -0.399 e. The molecule has 0 aromatic heterocycles. The molecule has 4 aromatic rings. The molecule has 0 aliphatic rings. The van der Waals surface area contributed by atoms with Crippen molar-refractivity contribution in [3.8, 4) is 0 Å². The van der Waals surface area contributed by atoms with Crippen LogP contribution in [0.1, 0.15) is 81.5 Å². The quantitative estimate of drug-likeness (QED) is 0.0375. The first-order valence-electron chi connectivity index (χ1n) is 16.9. The summed E-state index contributed by atoms with van der Waals surface area (Å²) in [5.74, 6) is 0. The third-order valence-corrected chi connectivity index (χ3v) is 10.1. The van der Waals surface area contributed by atoms with E-state index in [0.29, 0.717) is 19.8 Å². The number of nitrogens with one attached hydrogen (secondary N) is 3. The van der Waals surface area contributed by atoms with Crippen molar-refractivity contribution in [2.75, 3.05) is 40.8 Å². The number of benzene rings is 4. The van der Waals surface area contributed by atoms with Crippen molar-refractivity contribution in [1.29, 1.82) is 0 Å². The summed E-state index contributed by atoms with van der Waals surface area (Å²) in [6, 6.07) is 33.8. The highest BCUT2D eigenvalue weighted by molar-refractivity contribution is 7.55. The Balaban J connectivity index is 1.30. The van der Waals surface area contributed by atoms with Crippen molar-refractivity contribution in [2.45, 2.75) is 72.1 Å². The van der Waals surface area contributed by atoms with Crippen molar-refractivity contribution in [2.24, 2.45) is 0 Å². The van der Waals surface area contributed by atoms with Gasteiger partial charge in [0.25, 0.3) is 8.53 Å². The third-order valence-electron chi connectivity index (χ3n) is 7.47. The normalized spacial score (nSPS) is 11.8. The topological polar surface area (TPSA) is 89.8 Å². The van der Waals surface area contributed by atoms with E-state index in [1.54, 1.807) is 0 Å². The van der Waals surface area contributed by atoms with Crippen molar-refractivity contribution >= 4 is 39.7 Å². The van der Waals surface area contributed by atoms with E-state index in [-0.39, 0.29) is 0 Å². The van der Waals surface area contributed by atoms with E-state index < -0.39 is 17.0 Å². The molecule has 4 aromatic carbocycles. The lowest BCUT2D eigenvalue weighted by atomic mass is 10.0. The van der Waals surface area contributed by atoms with E-state index in [1.807, 2.05) is 12.1 Å². The average Bonchev–Trinajstić information content (AvgIpc) is 3.08. The zero-order valence-electron chi connectivity index (χ0n) is 28.2. The molecule has 0 aliphatic heterocycles. The monoisotopic (exact) mass is 674 g/mol. The number of anilines is 4. The minimum absolute atomic E-state index is 0.706. The molecular formula is C38H52N4O3P2. The van der Waals surface area contributed by atoms with Gasteiger partial charge in [0, 0.05) is 22.7 Å². The molecule has 0 aliphatic carbocycles. The molecule has 47 heavy (non-hydrogen) atoms. The summed E-state index contributed by atoms with van der Waals surface area (Å²) in [6.45, 7) is 8.66. The smallest absolute Gasteiger partial charge is 0.287 e. The minimum atomic E-state index is -1.14. The van der Waals surface area contributed by atoms with E-state index in [2.05, 4.69) is 121 Å². The Bertz CT molecular complexity index is 1400. The van der Waals surface area contributed by atoms with E-state index in [9.17, 15) is 0 Å². The van der Waals surface area contributed by atoms with Crippen molar-refractivity contribution < 1.29 is 13.6 Å². The molecule has 0 radical (unpaired) electrons. The van der Waals surface area contributed by atoms with Gasteiger partial charge < -0.3 is 34.6 Å². The number of unbranched alkanes of at least 4 members (excludes halogenated alkanes) is 3. The summed E-state index contributed by atoms with van der Waals surface area (Å²) in [5, 5.41) is 10.6. The Kier molecular flexibility index (Phi) is 16.3. The predicted molar refractivity (Wildman–Crippen MR) is 203 cm³/mol. The van der Waals surface area contributed by atoms with E-state index in [0.717, 1.165) is 74.1 Å². The molecule has 0 saturated heterocycles. The molecular weight excluding hydrogens is 622 g/mol. The fraction of sp³-hybridized carbons (Fsp3) is 0.368. The number of rotatable bonds is 22. The highest BCUT2D eigenvalue weighted by Crippen LogP contribution is 2.40. The van der Waals surface area contributed by atoms with Crippen LogP contribution in [0, 0.1) is 0 Å². The summed E-state index contributed by atoms with van der Waals surface area (Å²) < 4.78 is 18.2. The van der Waals surface area contributed by atoms with Crippen LogP contribution in [-0.4, -0.2) is 19.8 Å². The maximum absolute atomic E-state index is 6.25. The molecule has 9 heteroatoms. The molecule has 0 amide bonds. The van der Waals surface area contributed by atoms with E-state index >= 15 is 0 Å². The number of hydrogen-bond acceptors (Lipinski definition) is 7. The van der Waals surface area contributed by atoms with Crippen LogP contribution in [0.5, 0.6) is 0 Å². The van der Waals surface area contributed by atoms with Crippen molar-refractivity contribution in [3.05, 3.63) is 119 Å². The fourth-order valence-electron chi connectivity index (χ4n) is 4.62. The van der Waals surface area contributed by atoms with Crippen LogP contribution in [0.25, 0.3) is 0 Å². The van der Waals surface area contributed by atoms with Gasteiger partial charge in [-0.3, -0.25) is 0 Å². The summed E-state index contributed by atoms with van der Waals surface area (Å²) in [4.78, 5) is 0. The van der Waals surface area contributed by atoms with Crippen LogP contribution < -0.4 is 21.0 Å². The van der Waals surface area contributed by atoms with Crippen LogP contribution in [0.2, 0.25) is 0 Å². The Hall–Kier alpha value is -3.18. The van der Waals surface area contributed by atoms with Gasteiger partial charge in [-0.1, -0.05) is 88.6 Å². The first-order chi connectivity index (χ1) is 23.0. The molecule has 0 saturated carbocycles. The lowest BCUT2D eigenvalue weighted by Crippen LogP contribution is -2.06. The first kappa shape index (κ1) is 36.7. The molecule has 0 fully saturated rings. The Morgan fingerprint density at radius 2 is 0.809 bits per heavy atom. The second-order valence-electron chi connectivity index (χ2n) is 11.6. The number of nitrogens with two attached hydrogens (primary N) is 1. The summed E-state index contributed by atoms with van der Waals surface area (Å²) in [5.41, 5.74) is 14.7. The van der Waals surface area contributed by atoms with Gasteiger partial charge in [0.05, 0.1) is 19.8 Å². The molecule has 252 valence electrons. The Morgan fingerprint density at radius 1 is 0.468 bits per heavy atom. The van der Waals surface area contributed by atoms with Gasteiger partial charge in [-0.15, -0.1) is 0 Å². The largest absolute Gasteiger partial charge is 0.399 e. The Morgan fingerprint density at radius 3 is 1.19 bits per heavy atom. The summed E-state index contributed by atoms with van der Waals surface area (Å²) in [6.07, 6.45) is 8.14. The molecule has 0 bridgehead atoms. The zero-order chi connectivity index (χ0) is 33.1. The molecule has 1 atom stereocenters. The fourth-order valence-corrected chi connectivity index (χ4v) is 7.03. The lowest BCUT2D eigenvalue weighted by molar-refractivity contribution is 0.246. The van der Waals surface area contributed by atoms with Crippen LogP contribution in [0.15, 0.2) is 97.1 Å². The van der Waals surface area contributed by atoms with Gasteiger partial charge in [-0.05, 0) is 103 Å². The van der Waals surface area contributed by atoms with Crippen LogP contribution in [0.3, 0.4) is 0 Å². The first-order valence-corrected chi connectivity index (χ1v) is 19.4. The van der Waals surface area contributed by atoms with Crippen LogP contribution >= 0.6 is 17.0 Å². The molecule has 7 nitrogen and oxygen atoms in total. The van der Waals surface area contributed by atoms with Gasteiger partial charge >= 0.3 is 0 Å². The van der Waals surface area contributed by atoms with Gasteiger partial charge in [-0.25, -0.2) is 0 Å². The van der Waals surface area contributed by atoms with Gasteiger partial charge in [0.2, 0.25) is 8.45 Å². The second kappa shape index (κ2) is 20.9. The van der Waals surface area contributed by atoms with Crippen molar-refractivity contribution in [1.82, 2.24) is 0 Å². The molecule has 5 N–H and O–H groups in total. The standard InChI is InChI=1S/C38H52N4O3P2/c1-4-7-26-43-46(40-36-20-12-32(13-21-36)29-31-10-18-35(39)19-11-31)41-37-22-14-33(15-23-37)30-34-16-24-38(25-17-34)42-47(44-27-8-5-2)45-28-9-6-3/h10-25,40-42H,4-9,26-30,39H2,1-3H3. The Labute approximate surface area is 284 Å². The number of hydrogen-bond donors (Lipinski definition) is 4. The van der Waals surface area contributed by atoms with Gasteiger partial charge in [0.15, 0.2) is 0 Å². The maximum atomic E-state index is 6.25. The second-order valence-corrected chi connectivity index (χ2v) is 14.2. The van der Waals surface area contributed by atoms with E-state index in [4.69, 9.17) is 19.3 Å². The van der Waals surface area contributed by atoms with Crippen LogP contribution in [0.4, 0.5) is 22.7 Å². The summed E-state index contributed by atoms with van der Waals surface area (Å²) >= 11 is 0. The summed E-state index contributed by atoms with van der Waals surface area (Å²) in [7, 11) is -2.24. The molecule has 4 rings (SSSR count). The highest BCUT2D eigenvalue weighted by Gasteiger charge is 2.13. The molecule has 0 heterocycles. The van der Waals surface area contributed by atoms with Crippen LogP contribution in [-0.2, 0) is 26.4 Å². The lowest BCUT2D eigenvalue weighted by Gasteiger charge is -2.21. The highest BCUT2D eigenvalue weighted by atomic mass is 31.2. The van der Waals surface area contributed by atoms with Gasteiger partial charge in [0.1, 0.15) is 0 Å². The predicted octanol–water partition coefficient (Wildman–Crippen LogP) is 11.3. The number of nitrogen functional groups attached to an aromatic ring is 1. The molecule has 0 spiro atoms.